The Labute approximate surface area is 198 Å². The molecule has 0 radical (unpaired) electrons. The van der Waals surface area contributed by atoms with E-state index in [2.05, 4.69) is 10.0 Å². The zero-order valence-electron chi connectivity index (χ0n) is 18.5. The third-order valence-corrected chi connectivity index (χ3v) is 6.58. The van der Waals surface area contributed by atoms with E-state index in [-0.39, 0.29) is 21.9 Å². The zero-order chi connectivity index (χ0) is 24.0. The van der Waals surface area contributed by atoms with E-state index in [0.717, 1.165) is 16.9 Å². The number of benzene rings is 3. The van der Waals surface area contributed by atoms with Crippen molar-refractivity contribution in [2.75, 3.05) is 25.5 Å². The minimum Gasteiger partial charge on any atom is -0.497 e. The lowest BCUT2D eigenvalue weighted by Crippen LogP contribution is -2.27. The highest BCUT2D eigenvalue weighted by Crippen LogP contribution is 2.29. The maximum Gasteiger partial charge on any atom is 0.265 e. The summed E-state index contributed by atoms with van der Waals surface area (Å²) in [5.41, 5.74) is 2.11. The number of halogens is 1. The number of carbonyl (C=O) groups excluding carboxylic acids is 1. The minimum atomic E-state index is -4.04. The molecule has 3 aromatic carbocycles. The Morgan fingerprint density at radius 3 is 2.36 bits per heavy atom. The number of aryl methyl sites for hydroxylation is 1. The number of methoxy groups -OCH3 is 2. The summed E-state index contributed by atoms with van der Waals surface area (Å²) >= 11 is 6.08. The van der Waals surface area contributed by atoms with Crippen LogP contribution in [-0.4, -0.2) is 35.1 Å². The zero-order valence-corrected chi connectivity index (χ0v) is 20.1. The Morgan fingerprint density at radius 1 is 0.970 bits per heavy atom. The summed E-state index contributed by atoms with van der Waals surface area (Å²) in [5, 5.41) is 3.11. The number of carbonyl (C=O) groups is 1. The van der Waals surface area contributed by atoms with Crippen molar-refractivity contribution in [3.05, 3.63) is 82.4 Å². The van der Waals surface area contributed by atoms with Gasteiger partial charge in [-0.25, -0.2) is 8.42 Å². The maximum absolute atomic E-state index is 13.1. The first-order valence-electron chi connectivity index (χ1n) is 10.1. The molecule has 0 bridgehead atoms. The highest BCUT2D eigenvalue weighted by atomic mass is 35.5. The van der Waals surface area contributed by atoms with Crippen LogP contribution in [0.1, 0.15) is 21.5 Å². The van der Waals surface area contributed by atoms with Crippen molar-refractivity contribution in [3.63, 3.8) is 0 Å². The lowest BCUT2D eigenvalue weighted by atomic mass is 10.1. The molecule has 0 atom stereocenters. The van der Waals surface area contributed by atoms with Crippen LogP contribution in [0.15, 0.2) is 65.6 Å². The van der Waals surface area contributed by atoms with Crippen molar-refractivity contribution < 1.29 is 22.7 Å². The summed E-state index contributed by atoms with van der Waals surface area (Å²) in [5.74, 6) is 0.537. The predicted molar refractivity (Wildman–Crippen MR) is 129 cm³/mol. The van der Waals surface area contributed by atoms with Crippen LogP contribution >= 0.6 is 11.6 Å². The standard InChI is InChI=1S/C24H25ClN2O5S/c1-16-4-11-23(22(14-16)32-3)33(29,30)27-21-15-18(25)7-10-20(21)24(28)26-13-12-17-5-8-19(31-2)9-6-17/h4-11,14-15,27H,12-13H2,1-3H3,(H,26,28). The first kappa shape index (κ1) is 24.4. The Balaban J connectivity index is 1.77. The van der Waals surface area contributed by atoms with E-state index in [0.29, 0.717) is 18.0 Å². The molecule has 33 heavy (non-hydrogen) atoms. The molecule has 0 aliphatic carbocycles. The number of ether oxygens (including phenoxy) is 2. The van der Waals surface area contributed by atoms with Crippen LogP contribution in [0.3, 0.4) is 0 Å². The Kier molecular flexibility index (Phi) is 7.84. The first-order valence-corrected chi connectivity index (χ1v) is 12.0. The molecular formula is C24H25ClN2O5S. The molecule has 0 unspecified atom stereocenters. The summed E-state index contributed by atoms with van der Waals surface area (Å²) in [6, 6.07) is 16.7. The predicted octanol–water partition coefficient (Wildman–Crippen LogP) is 4.44. The highest BCUT2D eigenvalue weighted by molar-refractivity contribution is 7.92. The molecule has 0 saturated carbocycles. The van der Waals surface area contributed by atoms with Crippen molar-refractivity contribution >= 4 is 33.2 Å². The fraction of sp³-hybridized carbons (Fsp3) is 0.208. The number of anilines is 1. The molecule has 0 aromatic heterocycles. The van der Waals surface area contributed by atoms with Crippen molar-refractivity contribution in [2.45, 2.75) is 18.2 Å². The van der Waals surface area contributed by atoms with E-state index in [1.54, 1.807) is 19.2 Å². The second-order valence-corrected chi connectivity index (χ2v) is 9.39. The topological polar surface area (TPSA) is 93.7 Å². The highest BCUT2D eigenvalue weighted by Gasteiger charge is 2.22. The van der Waals surface area contributed by atoms with Gasteiger partial charge in [0.1, 0.15) is 16.4 Å². The number of hydrogen-bond donors (Lipinski definition) is 2. The van der Waals surface area contributed by atoms with Gasteiger partial charge in [-0.05, 0) is 66.9 Å². The number of nitrogens with one attached hydrogen (secondary N) is 2. The molecule has 174 valence electrons. The maximum atomic E-state index is 13.1. The van der Waals surface area contributed by atoms with Crippen LogP contribution in [-0.2, 0) is 16.4 Å². The summed E-state index contributed by atoms with van der Waals surface area (Å²) in [7, 11) is -1.04. The lowest BCUT2D eigenvalue weighted by molar-refractivity contribution is 0.0955. The molecule has 3 aromatic rings. The normalized spacial score (nSPS) is 11.0. The third-order valence-electron chi connectivity index (χ3n) is 4.94. The van der Waals surface area contributed by atoms with Crippen molar-refractivity contribution in [2.24, 2.45) is 0 Å². The van der Waals surface area contributed by atoms with E-state index in [1.807, 2.05) is 31.2 Å². The molecule has 0 fully saturated rings. The second-order valence-electron chi connectivity index (χ2n) is 7.30. The first-order chi connectivity index (χ1) is 15.7. The molecule has 0 saturated heterocycles. The van der Waals surface area contributed by atoms with Gasteiger partial charge in [-0.15, -0.1) is 0 Å². The third kappa shape index (κ3) is 6.18. The quantitative estimate of drug-likeness (QED) is 0.464. The molecule has 0 spiro atoms. The summed E-state index contributed by atoms with van der Waals surface area (Å²) in [4.78, 5) is 12.8. The van der Waals surface area contributed by atoms with E-state index in [1.165, 1.54) is 31.4 Å². The van der Waals surface area contributed by atoms with Gasteiger partial charge < -0.3 is 14.8 Å². The SMILES string of the molecule is COc1ccc(CCNC(=O)c2ccc(Cl)cc2NS(=O)(=O)c2ccc(C)cc2OC)cc1. The van der Waals surface area contributed by atoms with Gasteiger partial charge in [0.2, 0.25) is 0 Å². The summed E-state index contributed by atoms with van der Waals surface area (Å²) in [6.45, 7) is 2.20. The van der Waals surface area contributed by atoms with Crippen LogP contribution in [0, 0.1) is 6.92 Å². The van der Waals surface area contributed by atoms with Gasteiger partial charge >= 0.3 is 0 Å². The van der Waals surface area contributed by atoms with Gasteiger partial charge in [0.05, 0.1) is 25.5 Å². The van der Waals surface area contributed by atoms with Crippen molar-refractivity contribution in [3.8, 4) is 11.5 Å². The molecule has 0 heterocycles. The Morgan fingerprint density at radius 2 is 1.70 bits per heavy atom. The largest absolute Gasteiger partial charge is 0.497 e. The van der Waals surface area contributed by atoms with Gasteiger partial charge in [-0.3, -0.25) is 9.52 Å². The molecule has 7 nitrogen and oxygen atoms in total. The number of amides is 1. The van der Waals surface area contributed by atoms with E-state index in [9.17, 15) is 13.2 Å². The molecule has 0 aliphatic rings. The van der Waals surface area contributed by atoms with Gasteiger partial charge in [0, 0.05) is 11.6 Å². The van der Waals surface area contributed by atoms with Crippen LogP contribution in [0.2, 0.25) is 5.02 Å². The monoisotopic (exact) mass is 488 g/mol. The fourth-order valence-corrected chi connectivity index (χ4v) is 4.60. The Hall–Kier alpha value is -3.23. The summed E-state index contributed by atoms with van der Waals surface area (Å²) < 4.78 is 38.9. The van der Waals surface area contributed by atoms with Crippen molar-refractivity contribution in [1.82, 2.24) is 5.32 Å². The molecule has 1 amide bonds. The van der Waals surface area contributed by atoms with Crippen LogP contribution in [0.5, 0.6) is 11.5 Å². The lowest BCUT2D eigenvalue weighted by Gasteiger charge is -2.15. The van der Waals surface area contributed by atoms with E-state index < -0.39 is 15.9 Å². The van der Waals surface area contributed by atoms with Gasteiger partial charge in [-0.2, -0.15) is 0 Å². The van der Waals surface area contributed by atoms with Crippen LogP contribution in [0.25, 0.3) is 0 Å². The Bertz CT molecular complexity index is 1240. The molecule has 2 N–H and O–H groups in total. The van der Waals surface area contributed by atoms with Gasteiger partial charge in [0.15, 0.2) is 0 Å². The van der Waals surface area contributed by atoms with Gasteiger partial charge in [0.25, 0.3) is 15.9 Å². The fourth-order valence-electron chi connectivity index (χ4n) is 3.20. The average Bonchev–Trinajstić information content (AvgIpc) is 2.79. The van der Waals surface area contributed by atoms with Crippen LogP contribution in [0.4, 0.5) is 5.69 Å². The smallest absolute Gasteiger partial charge is 0.265 e. The molecule has 3 rings (SSSR count). The minimum absolute atomic E-state index is 0.0403. The van der Waals surface area contributed by atoms with Crippen LogP contribution < -0.4 is 19.5 Å². The summed E-state index contributed by atoms with van der Waals surface area (Å²) in [6.07, 6.45) is 0.602. The van der Waals surface area contributed by atoms with E-state index in [4.69, 9.17) is 21.1 Å². The van der Waals surface area contributed by atoms with Crippen molar-refractivity contribution in [1.29, 1.82) is 0 Å². The number of sulfonamides is 1. The van der Waals surface area contributed by atoms with Gasteiger partial charge in [-0.1, -0.05) is 29.8 Å². The number of rotatable bonds is 9. The number of hydrogen-bond acceptors (Lipinski definition) is 5. The van der Waals surface area contributed by atoms with E-state index >= 15 is 0 Å². The second kappa shape index (κ2) is 10.6. The molecule has 0 aliphatic heterocycles. The molecular weight excluding hydrogens is 464 g/mol. The average molecular weight is 489 g/mol. The molecule has 9 heteroatoms.